The molecule has 1 aliphatic heterocycles. The Balaban J connectivity index is 2.26. The molecule has 0 unspecified atom stereocenters. The van der Waals surface area contributed by atoms with E-state index in [1.54, 1.807) is 6.20 Å². The summed E-state index contributed by atoms with van der Waals surface area (Å²) in [7, 11) is 0. The number of anilines is 2. The predicted molar refractivity (Wildman–Crippen MR) is 69.8 cm³/mol. The van der Waals surface area contributed by atoms with Crippen LogP contribution in [-0.4, -0.2) is 35.3 Å². The van der Waals surface area contributed by atoms with E-state index < -0.39 is 0 Å². The van der Waals surface area contributed by atoms with Crippen LogP contribution in [0.5, 0.6) is 0 Å². The normalized spacial score (nSPS) is 19.2. The standard InChI is InChI=1S/C10H16BrN5O/c1-10(2)6-16(3-4-17-10)8-7(11)5-13-9(14-8)15-12/h5H,3-4,6,12H2,1-2H3,(H,13,14,15). The van der Waals surface area contributed by atoms with Crippen molar-refractivity contribution in [3.05, 3.63) is 10.7 Å². The number of hydrazine groups is 1. The summed E-state index contributed by atoms with van der Waals surface area (Å²) in [6.45, 7) is 6.41. The first-order chi connectivity index (χ1) is 8.02. The average Bonchev–Trinajstić information content (AvgIpc) is 2.28. The van der Waals surface area contributed by atoms with Crippen LogP contribution in [0.1, 0.15) is 13.8 Å². The lowest BCUT2D eigenvalue weighted by Crippen LogP contribution is -2.48. The number of ether oxygens (including phenoxy) is 1. The second kappa shape index (κ2) is 4.75. The predicted octanol–water partition coefficient (Wildman–Crippen LogP) is 1.14. The van der Waals surface area contributed by atoms with Crippen molar-refractivity contribution in [3.63, 3.8) is 0 Å². The minimum atomic E-state index is -0.168. The first-order valence-corrected chi connectivity index (χ1v) is 6.19. The third kappa shape index (κ3) is 2.85. The molecule has 1 aliphatic rings. The summed E-state index contributed by atoms with van der Waals surface area (Å²) in [6.07, 6.45) is 1.69. The van der Waals surface area contributed by atoms with E-state index in [9.17, 15) is 0 Å². The van der Waals surface area contributed by atoms with Gasteiger partial charge in [-0.05, 0) is 29.8 Å². The monoisotopic (exact) mass is 301 g/mol. The quantitative estimate of drug-likeness (QED) is 0.630. The zero-order valence-electron chi connectivity index (χ0n) is 9.90. The molecule has 1 aromatic rings. The van der Waals surface area contributed by atoms with Crippen LogP contribution in [0.2, 0.25) is 0 Å². The third-order valence-corrected chi connectivity index (χ3v) is 3.14. The molecule has 0 saturated carbocycles. The smallest absolute Gasteiger partial charge is 0.239 e. The number of nitrogen functional groups attached to an aromatic ring is 1. The molecule has 0 radical (unpaired) electrons. The zero-order valence-corrected chi connectivity index (χ0v) is 11.5. The molecule has 17 heavy (non-hydrogen) atoms. The molecule has 6 nitrogen and oxygen atoms in total. The zero-order chi connectivity index (χ0) is 12.5. The third-order valence-electron chi connectivity index (χ3n) is 2.58. The van der Waals surface area contributed by atoms with Crippen molar-refractivity contribution in [1.29, 1.82) is 0 Å². The van der Waals surface area contributed by atoms with Crippen LogP contribution in [0.15, 0.2) is 10.7 Å². The van der Waals surface area contributed by atoms with Gasteiger partial charge in [-0.25, -0.2) is 10.8 Å². The Morgan fingerprint density at radius 1 is 1.59 bits per heavy atom. The van der Waals surface area contributed by atoms with Gasteiger partial charge in [0.05, 0.1) is 16.7 Å². The van der Waals surface area contributed by atoms with Crippen LogP contribution in [0.25, 0.3) is 0 Å². The van der Waals surface area contributed by atoms with Gasteiger partial charge in [0.2, 0.25) is 5.95 Å². The van der Waals surface area contributed by atoms with Gasteiger partial charge in [-0.3, -0.25) is 5.43 Å². The van der Waals surface area contributed by atoms with Gasteiger partial charge < -0.3 is 9.64 Å². The van der Waals surface area contributed by atoms with E-state index in [1.807, 2.05) is 0 Å². The van der Waals surface area contributed by atoms with Crippen molar-refractivity contribution in [2.24, 2.45) is 5.84 Å². The minimum absolute atomic E-state index is 0.168. The first-order valence-electron chi connectivity index (χ1n) is 5.40. The molecule has 7 heteroatoms. The topological polar surface area (TPSA) is 76.3 Å². The van der Waals surface area contributed by atoms with Gasteiger partial charge in [-0.2, -0.15) is 4.98 Å². The molecule has 2 rings (SSSR count). The van der Waals surface area contributed by atoms with Crippen LogP contribution in [-0.2, 0) is 4.74 Å². The second-order valence-corrected chi connectivity index (χ2v) is 5.39. The minimum Gasteiger partial charge on any atom is -0.372 e. The van der Waals surface area contributed by atoms with E-state index >= 15 is 0 Å². The molecule has 0 amide bonds. The molecule has 1 aromatic heterocycles. The summed E-state index contributed by atoms with van der Waals surface area (Å²) in [6, 6.07) is 0. The van der Waals surface area contributed by atoms with Crippen LogP contribution < -0.4 is 16.2 Å². The van der Waals surface area contributed by atoms with Gasteiger partial charge in [0, 0.05) is 19.3 Å². The fraction of sp³-hybridized carbons (Fsp3) is 0.600. The number of aromatic nitrogens is 2. The molecule has 0 spiro atoms. The lowest BCUT2D eigenvalue weighted by molar-refractivity contribution is -0.0279. The molecule has 3 N–H and O–H groups in total. The highest BCUT2D eigenvalue weighted by molar-refractivity contribution is 9.10. The summed E-state index contributed by atoms with van der Waals surface area (Å²) in [5.41, 5.74) is 2.29. The molecule has 94 valence electrons. The molecular formula is C10H16BrN5O. The van der Waals surface area contributed by atoms with E-state index in [2.05, 4.69) is 50.1 Å². The Hall–Kier alpha value is -0.920. The Morgan fingerprint density at radius 2 is 2.35 bits per heavy atom. The molecular weight excluding hydrogens is 286 g/mol. The van der Waals surface area contributed by atoms with Crippen LogP contribution in [0.3, 0.4) is 0 Å². The number of halogens is 1. The molecule has 1 saturated heterocycles. The Morgan fingerprint density at radius 3 is 3.00 bits per heavy atom. The molecule has 2 heterocycles. The van der Waals surface area contributed by atoms with Crippen molar-refractivity contribution in [3.8, 4) is 0 Å². The molecule has 1 fully saturated rings. The highest BCUT2D eigenvalue weighted by Crippen LogP contribution is 2.28. The average molecular weight is 302 g/mol. The number of hydrogen-bond donors (Lipinski definition) is 2. The Labute approximate surface area is 109 Å². The van der Waals surface area contributed by atoms with Gasteiger partial charge in [0.15, 0.2) is 0 Å². The second-order valence-electron chi connectivity index (χ2n) is 4.54. The molecule has 0 aromatic carbocycles. The highest BCUT2D eigenvalue weighted by Gasteiger charge is 2.29. The van der Waals surface area contributed by atoms with Gasteiger partial charge in [0.1, 0.15) is 5.82 Å². The van der Waals surface area contributed by atoms with Crippen molar-refractivity contribution in [1.82, 2.24) is 9.97 Å². The number of hydrogen-bond acceptors (Lipinski definition) is 6. The van der Waals surface area contributed by atoms with Crippen molar-refractivity contribution in [2.75, 3.05) is 30.0 Å². The fourth-order valence-corrected chi connectivity index (χ4v) is 2.29. The summed E-state index contributed by atoms with van der Waals surface area (Å²) in [5.74, 6) is 6.57. The number of nitrogens with two attached hydrogens (primary N) is 1. The Kier molecular flexibility index (Phi) is 3.50. The van der Waals surface area contributed by atoms with Crippen molar-refractivity contribution >= 4 is 27.7 Å². The summed E-state index contributed by atoms with van der Waals surface area (Å²) in [4.78, 5) is 10.6. The highest BCUT2D eigenvalue weighted by atomic mass is 79.9. The van der Waals surface area contributed by atoms with Gasteiger partial charge in [0.25, 0.3) is 0 Å². The van der Waals surface area contributed by atoms with Crippen LogP contribution >= 0.6 is 15.9 Å². The van der Waals surface area contributed by atoms with Gasteiger partial charge >= 0.3 is 0 Å². The number of nitrogens with zero attached hydrogens (tertiary/aromatic N) is 3. The van der Waals surface area contributed by atoms with Crippen LogP contribution in [0.4, 0.5) is 11.8 Å². The number of morpholine rings is 1. The van der Waals surface area contributed by atoms with Gasteiger partial charge in [-0.15, -0.1) is 0 Å². The SMILES string of the molecule is CC1(C)CN(c2nc(NN)ncc2Br)CCO1. The van der Waals surface area contributed by atoms with Crippen LogP contribution in [0, 0.1) is 0 Å². The largest absolute Gasteiger partial charge is 0.372 e. The first kappa shape index (κ1) is 12.5. The van der Waals surface area contributed by atoms with Crippen molar-refractivity contribution in [2.45, 2.75) is 19.4 Å². The molecule has 0 bridgehead atoms. The van der Waals surface area contributed by atoms with E-state index in [0.717, 1.165) is 23.4 Å². The number of nitrogens with one attached hydrogen (secondary N) is 1. The number of rotatable bonds is 2. The molecule has 0 aliphatic carbocycles. The van der Waals surface area contributed by atoms with Crippen molar-refractivity contribution < 1.29 is 4.74 Å². The summed E-state index contributed by atoms with van der Waals surface area (Å²) < 4.78 is 6.53. The van der Waals surface area contributed by atoms with E-state index in [0.29, 0.717) is 12.6 Å². The summed E-state index contributed by atoms with van der Waals surface area (Å²) >= 11 is 3.46. The lowest BCUT2D eigenvalue weighted by atomic mass is 10.1. The van der Waals surface area contributed by atoms with E-state index in [-0.39, 0.29) is 5.60 Å². The van der Waals surface area contributed by atoms with Gasteiger partial charge in [-0.1, -0.05) is 0 Å². The lowest BCUT2D eigenvalue weighted by Gasteiger charge is -2.39. The Bertz CT molecular complexity index is 412. The summed E-state index contributed by atoms with van der Waals surface area (Å²) in [5, 5.41) is 0. The maximum absolute atomic E-state index is 5.67. The fourth-order valence-electron chi connectivity index (χ4n) is 1.85. The maximum Gasteiger partial charge on any atom is 0.239 e. The van der Waals surface area contributed by atoms with E-state index in [1.165, 1.54) is 0 Å². The molecule has 0 atom stereocenters. The van der Waals surface area contributed by atoms with E-state index in [4.69, 9.17) is 10.6 Å². The maximum atomic E-state index is 5.67.